The standard InChI is InChI=1S/C18H17N3O2/c1-2-6-14(7-3-1)22-16-9-5-4-8-15(16)19-12-17-20-18(21-23-17)13-10-11-13/h1-9,13,19H,10-12H2. The average Bonchev–Trinajstić information content (AvgIpc) is 3.34. The largest absolute Gasteiger partial charge is 0.455 e. The van der Waals surface area contributed by atoms with Crippen LogP contribution >= 0.6 is 0 Å². The smallest absolute Gasteiger partial charge is 0.245 e. The molecule has 0 radical (unpaired) electrons. The lowest BCUT2D eigenvalue weighted by Crippen LogP contribution is -2.01. The Balaban J connectivity index is 1.45. The lowest BCUT2D eigenvalue weighted by Gasteiger charge is -2.11. The SMILES string of the molecule is c1ccc(Oc2ccccc2NCc2nc(C3CC3)no2)cc1. The van der Waals surface area contributed by atoms with Crippen LogP contribution in [0.4, 0.5) is 5.69 Å². The summed E-state index contributed by atoms with van der Waals surface area (Å²) in [5.74, 6) is 3.49. The minimum absolute atomic E-state index is 0.481. The van der Waals surface area contributed by atoms with E-state index in [0.29, 0.717) is 18.4 Å². The molecule has 0 amide bonds. The molecule has 1 N–H and O–H groups in total. The normalized spacial score (nSPS) is 13.7. The zero-order chi connectivity index (χ0) is 15.5. The summed E-state index contributed by atoms with van der Waals surface area (Å²) in [6.07, 6.45) is 2.33. The first kappa shape index (κ1) is 13.8. The van der Waals surface area contributed by atoms with E-state index >= 15 is 0 Å². The van der Waals surface area contributed by atoms with Crippen molar-refractivity contribution in [1.82, 2.24) is 10.1 Å². The highest BCUT2D eigenvalue weighted by Gasteiger charge is 2.28. The zero-order valence-electron chi connectivity index (χ0n) is 12.6. The molecule has 2 aromatic carbocycles. The van der Waals surface area contributed by atoms with Crippen molar-refractivity contribution >= 4 is 5.69 Å². The molecule has 1 fully saturated rings. The average molecular weight is 307 g/mol. The maximum absolute atomic E-state index is 5.92. The van der Waals surface area contributed by atoms with Gasteiger partial charge in [-0.05, 0) is 37.1 Å². The predicted molar refractivity (Wildman–Crippen MR) is 86.6 cm³/mol. The number of rotatable bonds is 6. The van der Waals surface area contributed by atoms with Gasteiger partial charge in [0.05, 0.1) is 12.2 Å². The van der Waals surface area contributed by atoms with Crippen molar-refractivity contribution in [3.05, 3.63) is 66.3 Å². The summed E-state index contributed by atoms with van der Waals surface area (Å²) < 4.78 is 11.2. The molecule has 1 aliphatic rings. The Hall–Kier alpha value is -2.82. The summed E-state index contributed by atoms with van der Waals surface area (Å²) in [6.45, 7) is 0.481. The molecule has 1 saturated carbocycles. The number of hydrogen-bond donors (Lipinski definition) is 1. The first-order valence-electron chi connectivity index (χ1n) is 7.77. The maximum Gasteiger partial charge on any atom is 0.245 e. The van der Waals surface area contributed by atoms with E-state index in [1.165, 1.54) is 12.8 Å². The molecule has 23 heavy (non-hydrogen) atoms. The molecule has 116 valence electrons. The summed E-state index contributed by atoms with van der Waals surface area (Å²) in [5.41, 5.74) is 0.891. The first-order chi connectivity index (χ1) is 11.4. The third kappa shape index (κ3) is 3.34. The molecular weight excluding hydrogens is 290 g/mol. The van der Waals surface area contributed by atoms with Crippen molar-refractivity contribution < 1.29 is 9.26 Å². The van der Waals surface area contributed by atoms with Crippen LogP contribution in [0.3, 0.4) is 0 Å². The van der Waals surface area contributed by atoms with Crippen molar-refractivity contribution in [2.45, 2.75) is 25.3 Å². The Bertz CT molecular complexity index is 782. The Morgan fingerprint density at radius 2 is 1.83 bits per heavy atom. The number of ether oxygens (including phenoxy) is 1. The molecular formula is C18H17N3O2. The van der Waals surface area contributed by atoms with Crippen LogP contribution < -0.4 is 10.1 Å². The van der Waals surface area contributed by atoms with Crippen LogP contribution in [0.2, 0.25) is 0 Å². The zero-order valence-corrected chi connectivity index (χ0v) is 12.6. The van der Waals surface area contributed by atoms with Gasteiger partial charge in [0.2, 0.25) is 5.89 Å². The second kappa shape index (κ2) is 6.12. The van der Waals surface area contributed by atoms with E-state index in [4.69, 9.17) is 9.26 Å². The molecule has 0 spiro atoms. The minimum Gasteiger partial charge on any atom is -0.455 e. The fraction of sp³-hybridized carbons (Fsp3) is 0.222. The molecule has 0 aliphatic heterocycles. The Labute approximate surface area is 134 Å². The number of nitrogens with one attached hydrogen (secondary N) is 1. The van der Waals surface area contributed by atoms with Gasteiger partial charge in [-0.3, -0.25) is 0 Å². The quantitative estimate of drug-likeness (QED) is 0.733. The van der Waals surface area contributed by atoms with E-state index in [-0.39, 0.29) is 0 Å². The van der Waals surface area contributed by atoms with Crippen LogP contribution in [0.25, 0.3) is 0 Å². The van der Waals surface area contributed by atoms with Gasteiger partial charge in [0, 0.05) is 5.92 Å². The van der Waals surface area contributed by atoms with Crippen LogP contribution in [0.5, 0.6) is 11.5 Å². The second-order valence-corrected chi connectivity index (χ2v) is 5.59. The maximum atomic E-state index is 5.92. The fourth-order valence-electron chi connectivity index (χ4n) is 2.34. The minimum atomic E-state index is 0.481. The van der Waals surface area contributed by atoms with E-state index < -0.39 is 0 Å². The highest BCUT2D eigenvalue weighted by molar-refractivity contribution is 5.57. The van der Waals surface area contributed by atoms with Gasteiger partial charge in [-0.2, -0.15) is 4.98 Å². The summed E-state index contributed by atoms with van der Waals surface area (Å²) in [5, 5.41) is 7.32. The van der Waals surface area contributed by atoms with Crippen LogP contribution in [0, 0.1) is 0 Å². The number of nitrogens with zero attached hydrogens (tertiary/aromatic N) is 2. The lowest BCUT2D eigenvalue weighted by molar-refractivity contribution is 0.377. The molecule has 1 aromatic heterocycles. The number of benzene rings is 2. The van der Waals surface area contributed by atoms with Crippen molar-refractivity contribution in [3.8, 4) is 11.5 Å². The predicted octanol–water partition coefficient (Wildman–Crippen LogP) is 4.35. The van der Waals surface area contributed by atoms with E-state index in [0.717, 1.165) is 23.0 Å². The lowest BCUT2D eigenvalue weighted by atomic mass is 10.3. The third-order valence-electron chi connectivity index (χ3n) is 3.71. The summed E-state index contributed by atoms with van der Waals surface area (Å²) >= 11 is 0. The van der Waals surface area contributed by atoms with Gasteiger partial charge >= 0.3 is 0 Å². The first-order valence-corrected chi connectivity index (χ1v) is 7.77. The van der Waals surface area contributed by atoms with Gasteiger partial charge in [-0.25, -0.2) is 0 Å². The van der Waals surface area contributed by atoms with Crippen molar-refractivity contribution in [1.29, 1.82) is 0 Å². The topological polar surface area (TPSA) is 60.2 Å². The summed E-state index contributed by atoms with van der Waals surface area (Å²) in [6, 6.07) is 17.5. The third-order valence-corrected chi connectivity index (χ3v) is 3.71. The molecule has 3 aromatic rings. The van der Waals surface area contributed by atoms with Gasteiger partial charge < -0.3 is 14.6 Å². The summed E-state index contributed by atoms with van der Waals surface area (Å²) in [7, 11) is 0. The molecule has 0 saturated heterocycles. The molecule has 5 nitrogen and oxygen atoms in total. The molecule has 0 unspecified atom stereocenters. The van der Waals surface area contributed by atoms with Crippen LogP contribution in [0.15, 0.2) is 59.1 Å². The Morgan fingerprint density at radius 3 is 2.65 bits per heavy atom. The van der Waals surface area contributed by atoms with E-state index in [1.54, 1.807) is 0 Å². The van der Waals surface area contributed by atoms with Gasteiger partial charge in [-0.1, -0.05) is 35.5 Å². The van der Waals surface area contributed by atoms with Gasteiger partial charge in [0.15, 0.2) is 11.6 Å². The molecule has 5 heteroatoms. The molecule has 4 rings (SSSR count). The summed E-state index contributed by atoms with van der Waals surface area (Å²) in [4.78, 5) is 4.42. The van der Waals surface area contributed by atoms with Crippen LogP contribution in [-0.4, -0.2) is 10.1 Å². The number of para-hydroxylation sites is 3. The van der Waals surface area contributed by atoms with E-state index in [9.17, 15) is 0 Å². The van der Waals surface area contributed by atoms with Crippen LogP contribution in [0.1, 0.15) is 30.5 Å². The van der Waals surface area contributed by atoms with Gasteiger partial charge in [0.25, 0.3) is 0 Å². The molecule has 1 aliphatic carbocycles. The highest BCUT2D eigenvalue weighted by Crippen LogP contribution is 2.38. The number of aromatic nitrogens is 2. The van der Waals surface area contributed by atoms with Crippen LogP contribution in [-0.2, 0) is 6.54 Å². The monoisotopic (exact) mass is 307 g/mol. The molecule has 0 atom stereocenters. The van der Waals surface area contributed by atoms with Crippen molar-refractivity contribution in [2.75, 3.05) is 5.32 Å². The van der Waals surface area contributed by atoms with Crippen molar-refractivity contribution in [3.63, 3.8) is 0 Å². The Morgan fingerprint density at radius 1 is 1.04 bits per heavy atom. The fourth-order valence-corrected chi connectivity index (χ4v) is 2.34. The molecule has 0 bridgehead atoms. The second-order valence-electron chi connectivity index (χ2n) is 5.59. The number of anilines is 1. The molecule has 1 heterocycles. The number of hydrogen-bond acceptors (Lipinski definition) is 5. The van der Waals surface area contributed by atoms with Gasteiger partial charge in [0.1, 0.15) is 5.75 Å². The highest BCUT2D eigenvalue weighted by atomic mass is 16.5. The Kier molecular flexibility index (Phi) is 3.68. The van der Waals surface area contributed by atoms with Crippen molar-refractivity contribution in [2.24, 2.45) is 0 Å². The van der Waals surface area contributed by atoms with Gasteiger partial charge in [-0.15, -0.1) is 0 Å². The van der Waals surface area contributed by atoms with E-state index in [1.807, 2.05) is 54.6 Å². The van der Waals surface area contributed by atoms with E-state index in [2.05, 4.69) is 15.5 Å².